The van der Waals surface area contributed by atoms with Crippen LogP contribution in [0.1, 0.15) is 24.5 Å². The Hall–Kier alpha value is -0.480. The van der Waals surface area contributed by atoms with Crippen molar-refractivity contribution in [2.45, 2.75) is 24.9 Å². The van der Waals surface area contributed by atoms with Gasteiger partial charge in [0, 0.05) is 17.3 Å². The van der Waals surface area contributed by atoms with E-state index in [1.54, 1.807) is 0 Å². The zero-order chi connectivity index (χ0) is 10.9. The quantitative estimate of drug-likeness (QED) is 0.755. The molecule has 0 aliphatic carbocycles. The van der Waals surface area contributed by atoms with E-state index in [4.69, 9.17) is 4.74 Å². The highest BCUT2D eigenvalue weighted by atomic mass is 79.9. The highest BCUT2D eigenvalue weighted by molar-refractivity contribution is 9.10. The second kappa shape index (κ2) is 4.18. The monoisotopic (exact) mass is 276 g/mol. The summed E-state index contributed by atoms with van der Waals surface area (Å²) < 4.78 is 32.5. The minimum absolute atomic E-state index is 0.133. The second-order valence-electron chi connectivity index (χ2n) is 3.72. The third-order valence-corrected chi connectivity index (χ3v) is 3.04. The van der Waals surface area contributed by atoms with Crippen LogP contribution in [0, 0.1) is 0 Å². The lowest BCUT2D eigenvalue weighted by Crippen LogP contribution is -2.29. The predicted molar refractivity (Wildman–Crippen MR) is 57.0 cm³/mol. The van der Waals surface area contributed by atoms with Crippen LogP contribution in [0.2, 0.25) is 0 Å². The number of ether oxygens (including phenoxy) is 1. The van der Waals surface area contributed by atoms with Crippen LogP contribution >= 0.6 is 15.9 Å². The van der Waals surface area contributed by atoms with E-state index in [2.05, 4.69) is 15.9 Å². The highest BCUT2D eigenvalue weighted by Gasteiger charge is 2.37. The molecule has 1 saturated heterocycles. The molecule has 15 heavy (non-hydrogen) atoms. The van der Waals surface area contributed by atoms with Crippen molar-refractivity contribution in [3.05, 3.63) is 34.3 Å². The molecule has 1 aromatic rings. The van der Waals surface area contributed by atoms with E-state index in [-0.39, 0.29) is 19.4 Å². The average Bonchev–Trinajstić information content (AvgIpc) is 2.17. The molecular weight excluding hydrogens is 266 g/mol. The van der Waals surface area contributed by atoms with Gasteiger partial charge in [-0.15, -0.1) is 0 Å². The first-order chi connectivity index (χ1) is 7.07. The van der Waals surface area contributed by atoms with E-state index in [1.807, 2.05) is 24.3 Å². The minimum Gasteiger partial charge on any atom is -0.373 e. The molecule has 1 aliphatic heterocycles. The Morgan fingerprint density at radius 2 is 1.93 bits per heavy atom. The van der Waals surface area contributed by atoms with Gasteiger partial charge in [-0.2, -0.15) is 0 Å². The van der Waals surface area contributed by atoms with Gasteiger partial charge in [0.1, 0.15) is 0 Å². The van der Waals surface area contributed by atoms with Crippen molar-refractivity contribution in [3.8, 4) is 0 Å². The van der Waals surface area contributed by atoms with E-state index in [9.17, 15) is 8.78 Å². The first kappa shape index (κ1) is 11.0. The fraction of sp³-hybridized carbons (Fsp3) is 0.455. The fourth-order valence-electron chi connectivity index (χ4n) is 1.67. The van der Waals surface area contributed by atoms with E-state index in [0.717, 1.165) is 10.0 Å². The van der Waals surface area contributed by atoms with Gasteiger partial charge >= 0.3 is 0 Å². The second-order valence-corrected chi connectivity index (χ2v) is 4.64. The standard InChI is InChI=1S/C11H11BrF2O/c12-9-3-1-8(2-4-9)10-7-11(13,14)5-6-15-10/h1-4,10H,5-7H2. The summed E-state index contributed by atoms with van der Waals surface area (Å²) in [5.74, 6) is -2.59. The SMILES string of the molecule is FC1(F)CCOC(c2ccc(Br)cc2)C1. The summed E-state index contributed by atoms with van der Waals surface area (Å²) in [6.07, 6.45) is -0.851. The molecule has 1 fully saturated rings. The smallest absolute Gasteiger partial charge is 0.253 e. The number of rotatable bonds is 1. The summed E-state index contributed by atoms with van der Waals surface area (Å²) in [5, 5.41) is 0. The van der Waals surface area contributed by atoms with Gasteiger partial charge in [-0.25, -0.2) is 8.78 Å². The number of benzene rings is 1. The molecular formula is C11H11BrF2O. The first-order valence-electron chi connectivity index (χ1n) is 4.82. The van der Waals surface area contributed by atoms with Gasteiger partial charge in [0.15, 0.2) is 0 Å². The molecule has 0 spiro atoms. The highest BCUT2D eigenvalue weighted by Crippen LogP contribution is 2.37. The summed E-state index contributed by atoms with van der Waals surface area (Å²) in [4.78, 5) is 0. The van der Waals surface area contributed by atoms with E-state index >= 15 is 0 Å². The number of halogens is 3. The van der Waals surface area contributed by atoms with Gasteiger partial charge in [-0.1, -0.05) is 28.1 Å². The molecule has 82 valence electrons. The number of alkyl halides is 2. The van der Waals surface area contributed by atoms with Crippen molar-refractivity contribution in [2.24, 2.45) is 0 Å². The van der Waals surface area contributed by atoms with Gasteiger partial charge in [-0.05, 0) is 17.7 Å². The molecule has 2 rings (SSSR count). The summed E-state index contributed by atoms with van der Waals surface area (Å²) in [6, 6.07) is 7.31. The molecule has 1 heterocycles. The van der Waals surface area contributed by atoms with Gasteiger partial charge in [0.2, 0.25) is 0 Å². The molecule has 4 heteroatoms. The van der Waals surface area contributed by atoms with Crippen LogP contribution in [0.4, 0.5) is 8.78 Å². The van der Waals surface area contributed by atoms with Crippen molar-refractivity contribution < 1.29 is 13.5 Å². The Balaban J connectivity index is 2.13. The van der Waals surface area contributed by atoms with Crippen molar-refractivity contribution in [2.75, 3.05) is 6.61 Å². The van der Waals surface area contributed by atoms with Gasteiger partial charge in [-0.3, -0.25) is 0 Å². The number of hydrogen-bond donors (Lipinski definition) is 0. The molecule has 1 unspecified atom stereocenters. The van der Waals surface area contributed by atoms with Crippen molar-refractivity contribution in [1.82, 2.24) is 0 Å². The first-order valence-corrected chi connectivity index (χ1v) is 5.61. The third kappa shape index (κ3) is 2.75. The maximum Gasteiger partial charge on any atom is 0.253 e. The van der Waals surface area contributed by atoms with E-state index < -0.39 is 12.0 Å². The molecule has 1 atom stereocenters. The van der Waals surface area contributed by atoms with Crippen LogP contribution in [-0.2, 0) is 4.74 Å². The van der Waals surface area contributed by atoms with Crippen LogP contribution in [0.15, 0.2) is 28.7 Å². The lowest BCUT2D eigenvalue weighted by Gasteiger charge is -2.29. The molecule has 0 bridgehead atoms. The van der Waals surface area contributed by atoms with Crippen LogP contribution in [-0.4, -0.2) is 12.5 Å². The summed E-state index contributed by atoms with van der Waals surface area (Å²) in [6.45, 7) is 0.133. The van der Waals surface area contributed by atoms with E-state index in [0.29, 0.717) is 0 Å². The molecule has 0 amide bonds. The van der Waals surface area contributed by atoms with Crippen LogP contribution < -0.4 is 0 Å². The zero-order valence-corrected chi connectivity index (χ0v) is 9.64. The Bertz CT molecular complexity index is 337. The maximum absolute atomic E-state index is 13.1. The van der Waals surface area contributed by atoms with Gasteiger partial charge in [0.25, 0.3) is 5.92 Å². The Labute approximate surface area is 95.6 Å². The Morgan fingerprint density at radius 3 is 2.53 bits per heavy atom. The lowest BCUT2D eigenvalue weighted by molar-refractivity contribution is -0.129. The normalized spacial score (nSPS) is 25.1. The molecule has 0 N–H and O–H groups in total. The third-order valence-electron chi connectivity index (χ3n) is 2.51. The summed E-state index contributed by atoms with van der Waals surface area (Å²) in [7, 11) is 0. The molecule has 1 aromatic carbocycles. The van der Waals surface area contributed by atoms with Crippen molar-refractivity contribution in [1.29, 1.82) is 0 Å². The van der Waals surface area contributed by atoms with Crippen molar-refractivity contribution >= 4 is 15.9 Å². The molecule has 0 aromatic heterocycles. The molecule has 0 saturated carbocycles. The Morgan fingerprint density at radius 1 is 1.27 bits per heavy atom. The van der Waals surface area contributed by atoms with Crippen LogP contribution in [0.3, 0.4) is 0 Å². The van der Waals surface area contributed by atoms with Gasteiger partial charge in [0.05, 0.1) is 12.7 Å². The van der Waals surface area contributed by atoms with Crippen LogP contribution in [0.5, 0.6) is 0 Å². The topological polar surface area (TPSA) is 9.23 Å². The predicted octanol–water partition coefficient (Wildman–Crippen LogP) is 3.94. The summed E-state index contributed by atoms with van der Waals surface area (Å²) in [5.41, 5.74) is 0.817. The van der Waals surface area contributed by atoms with E-state index in [1.165, 1.54) is 0 Å². The lowest BCUT2D eigenvalue weighted by atomic mass is 9.99. The molecule has 1 nitrogen and oxygen atoms in total. The zero-order valence-electron chi connectivity index (χ0n) is 8.05. The average molecular weight is 277 g/mol. The molecule has 1 aliphatic rings. The summed E-state index contributed by atoms with van der Waals surface area (Å²) >= 11 is 3.30. The maximum atomic E-state index is 13.1. The fourth-order valence-corrected chi connectivity index (χ4v) is 1.94. The largest absolute Gasteiger partial charge is 0.373 e. The van der Waals surface area contributed by atoms with Gasteiger partial charge < -0.3 is 4.74 Å². The van der Waals surface area contributed by atoms with Crippen LogP contribution in [0.25, 0.3) is 0 Å². The Kier molecular flexibility index (Phi) is 3.07. The minimum atomic E-state index is -2.59. The van der Waals surface area contributed by atoms with Crippen molar-refractivity contribution in [3.63, 3.8) is 0 Å². The molecule has 0 radical (unpaired) electrons. The number of hydrogen-bond acceptors (Lipinski definition) is 1.